The predicted molar refractivity (Wildman–Crippen MR) is 65.7 cm³/mol. The van der Waals surface area contributed by atoms with Crippen molar-refractivity contribution in [1.29, 1.82) is 0 Å². The van der Waals surface area contributed by atoms with E-state index in [0.29, 0.717) is 15.8 Å². The summed E-state index contributed by atoms with van der Waals surface area (Å²) < 4.78 is 7.24. The Morgan fingerprint density at radius 1 is 1.37 bits per heavy atom. The van der Waals surface area contributed by atoms with Crippen molar-refractivity contribution in [3.05, 3.63) is 17.3 Å². The number of ether oxygens (including phenoxy) is 1. The normalized spacial score (nSPS) is 31.1. The van der Waals surface area contributed by atoms with Crippen LogP contribution in [0.1, 0.15) is 6.23 Å². The molecule has 0 radical (unpaired) electrons. The van der Waals surface area contributed by atoms with Crippen molar-refractivity contribution in [2.75, 3.05) is 6.61 Å². The molecule has 9 heteroatoms. The van der Waals surface area contributed by atoms with E-state index in [-0.39, 0.29) is 6.61 Å². The highest BCUT2D eigenvalue weighted by Gasteiger charge is 2.43. The van der Waals surface area contributed by atoms with Crippen LogP contribution in [0.25, 0.3) is 11.2 Å². The van der Waals surface area contributed by atoms with Crippen LogP contribution in [0.2, 0.25) is 0 Å². The smallest absolute Gasteiger partial charge is 0.164 e. The van der Waals surface area contributed by atoms with E-state index in [1.807, 2.05) is 0 Å². The summed E-state index contributed by atoms with van der Waals surface area (Å²) in [5.41, 5.74) is 1.02. The Morgan fingerprint density at radius 2 is 2.16 bits per heavy atom. The van der Waals surface area contributed by atoms with Crippen LogP contribution in [0.5, 0.6) is 0 Å². The second-order valence-electron chi connectivity index (χ2n) is 4.29. The van der Waals surface area contributed by atoms with Crippen LogP contribution < -0.4 is 0 Å². The third kappa shape index (κ3) is 1.86. The molecule has 3 heterocycles. The van der Waals surface area contributed by atoms with Gasteiger partial charge in [-0.2, -0.15) is 0 Å². The van der Waals surface area contributed by atoms with Crippen molar-refractivity contribution in [1.82, 2.24) is 19.5 Å². The lowest BCUT2D eigenvalue weighted by atomic mass is 10.1. The molecule has 1 aliphatic heterocycles. The van der Waals surface area contributed by atoms with Gasteiger partial charge in [0.2, 0.25) is 0 Å². The van der Waals surface area contributed by atoms with Crippen LogP contribution in [0.4, 0.5) is 0 Å². The summed E-state index contributed by atoms with van der Waals surface area (Å²) in [7, 11) is 0. The lowest BCUT2D eigenvalue weighted by molar-refractivity contribution is -0.0509. The fraction of sp³-hybridized carbons (Fsp3) is 0.500. The molecular weight excluding hydrogens is 272 g/mol. The van der Waals surface area contributed by atoms with Crippen molar-refractivity contribution in [3.8, 4) is 0 Å². The largest absolute Gasteiger partial charge is 0.394 e. The topological polar surface area (TPSA) is 116 Å². The van der Waals surface area contributed by atoms with Crippen molar-refractivity contribution in [3.63, 3.8) is 0 Å². The van der Waals surface area contributed by atoms with Crippen molar-refractivity contribution in [2.45, 2.75) is 24.5 Å². The first-order chi connectivity index (χ1) is 9.13. The summed E-state index contributed by atoms with van der Waals surface area (Å²) in [4.78, 5) is 10.9. The molecule has 4 N–H and O–H groups in total. The first kappa shape index (κ1) is 12.6. The van der Waals surface area contributed by atoms with Gasteiger partial charge in [0.05, 0.1) is 19.3 Å². The van der Waals surface area contributed by atoms with Gasteiger partial charge >= 0.3 is 0 Å². The molecule has 0 saturated carbocycles. The number of aromatic nitrogens is 4. The highest BCUT2D eigenvalue weighted by Crippen LogP contribution is 2.31. The molecule has 19 heavy (non-hydrogen) atoms. The minimum Gasteiger partial charge on any atom is -0.394 e. The lowest BCUT2D eigenvalue weighted by Crippen LogP contribution is -2.33. The van der Waals surface area contributed by atoms with Crippen molar-refractivity contribution >= 4 is 23.4 Å². The Bertz CT molecular complexity index is 656. The molecule has 0 spiro atoms. The molecule has 0 amide bonds. The summed E-state index contributed by atoms with van der Waals surface area (Å²) in [6, 6.07) is 0. The van der Waals surface area contributed by atoms with E-state index in [4.69, 9.17) is 22.1 Å². The van der Waals surface area contributed by atoms with Gasteiger partial charge in [0.25, 0.3) is 0 Å². The molecule has 0 bridgehead atoms. The first-order valence-electron chi connectivity index (χ1n) is 5.66. The van der Waals surface area contributed by atoms with E-state index in [0.717, 1.165) is 0 Å². The van der Waals surface area contributed by atoms with Gasteiger partial charge in [-0.3, -0.25) is 4.57 Å². The minimum absolute atomic E-state index is 0.309. The maximum atomic E-state index is 9.98. The summed E-state index contributed by atoms with van der Waals surface area (Å²) in [5, 5.41) is 28.8. The Balaban J connectivity index is 2.08. The van der Waals surface area contributed by atoms with Crippen LogP contribution in [0.3, 0.4) is 0 Å². The summed E-state index contributed by atoms with van der Waals surface area (Å²) in [5.74, 6) is 0. The molecule has 2 aromatic heterocycles. The SMILES string of the molecule is OC[C@@H]1O[C@@H](n2cnc3[nH]cnc(=S)c32)[C@H](O)[C@@H]1O. The number of fused-ring (bicyclic) bond motifs is 1. The molecular formula is C10H12N4O4S. The Labute approximate surface area is 112 Å². The fourth-order valence-electron chi connectivity index (χ4n) is 2.19. The van der Waals surface area contributed by atoms with Gasteiger partial charge in [0.15, 0.2) is 16.5 Å². The number of hydrogen-bond donors (Lipinski definition) is 4. The van der Waals surface area contributed by atoms with Gasteiger partial charge in [0, 0.05) is 0 Å². The van der Waals surface area contributed by atoms with Gasteiger partial charge in [0.1, 0.15) is 23.8 Å². The van der Waals surface area contributed by atoms with Crippen molar-refractivity contribution in [2.24, 2.45) is 0 Å². The number of nitrogens with zero attached hydrogens (tertiary/aromatic N) is 3. The summed E-state index contributed by atoms with van der Waals surface area (Å²) >= 11 is 5.12. The fourth-order valence-corrected chi connectivity index (χ4v) is 2.45. The molecule has 2 aromatic rings. The molecule has 1 aliphatic rings. The number of nitrogens with one attached hydrogen (secondary N) is 1. The van der Waals surface area contributed by atoms with Gasteiger partial charge < -0.3 is 25.0 Å². The highest BCUT2D eigenvalue weighted by molar-refractivity contribution is 7.71. The zero-order valence-electron chi connectivity index (χ0n) is 9.67. The third-order valence-electron chi connectivity index (χ3n) is 3.17. The zero-order chi connectivity index (χ0) is 13.6. The second-order valence-corrected chi connectivity index (χ2v) is 4.67. The molecule has 102 valence electrons. The molecule has 0 aliphatic carbocycles. The second kappa shape index (κ2) is 4.62. The van der Waals surface area contributed by atoms with Crippen LogP contribution in [0, 0.1) is 4.64 Å². The van der Waals surface area contributed by atoms with Gasteiger partial charge in [-0.25, -0.2) is 9.97 Å². The standard InChI is InChI=1S/C10H12N4O4S/c15-1-4-6(16)7(17)10(18-4)14-3-13-8-5(14)9(19)12-2-11-8/h2-4,6-7,10,15-17H,1H2,(H,11,12,19)/t4-,6+,7+,10+/m0/s1. The zero-order valence-corrected chi connectivity index (χ0v) is 10.5. The molecule has 1 saturated heterocycles. The molecule has 4 atom stereocenters. The van der Waals surface area contributed by atoms with E-state index in [2.05, 4.69) is 15.0 Å². The molecule has 0 unspecified atom stereocenters. The van der Waals surface area contributed by atoms with Gasteiger partial charge in [-0.05, 0) is 0 Å². The molecule has 3 rings (SSSR count). The molecule has 1 fully saturated rings. The number of aliphatic hydroxyl groups excluding tert-OH is 3. The molecule has 8 nitrogen and oxygen atoms in total. The number of rotatable bonds is 2. The minimum atomic E-state index is -1.18. The number of aliphatic hydroxyl groups is 3. The Morgan fingerprint density at radius 3 is 2.84 bits per heavy atom. The maximum absolute atomic E-state index is 9.98. The summed E-state index contributed by atoms with van der Waals surface area (Å²) in [6.07, 6.45) is -1.17. The van der Waals surface area contributed by atoms with Crippen LogP contribution in [-0.2, 0) is 4.74 Å². The van der Waals surface area contributed by atoms with E-state index in [9.17, 15) is 10.2 Å². The average Bonchev–Trinajstić information content (AvgIpc) is 2.94. The van der Waals surface area contributed by atoms with Crippen LogP contribution >= 0.6 is 12.2 Å². The summed E-state index contributed by atoms with van der Waals surface area (Å²) in [6.45, 7) is -0.382. The first-order valence-corrected chi connectivity index (χ1v) is 6.07. The Kier molecular flexibility index (Phi) is 3.07. The van der Waals surface area contributed by atoms with E-state index in [1.165, 1.54) is 17.2 Å². The van der Waals surface area contributed by atoms with E-state index >= 15 is 0 Å². The van der Waals surface area contributed by atoms with E-state index in [1.54, 1.807) is 0 Å². The van der Waals surface area contributed by atoms with Crippen LogP contribution in [-0.4, -0.2) is 59.8 Å². The lowest BCUT2D eigenvalue weighted by Gasteiger charge is -2.16. The van der Waals surface area contributed by atoms with Gasteiger partial charge in [-0.15, -0.1) is 0 Å². The quantitative estimate of drug-likeness (QED) is 0.528. The Hall–Kier alpha value is -1.39. The van der Waals surface area contributed by atoms with Gasteiger partial charge in [-0.1, -0.05) is 12.2 Å². The predicted octanol–water partition coefficient (Wildman–Crippen LogP) is -0.900. The monoisotopic (exact) mass is 284 g/mol. The number of imidazole rings is 1. The highest BCUT2D eigenvalue weighted by atomic mass is 32.1. The van der Waals surface area contributed by atoms with E-state index < -0.39 is 24.5 Å². The number of aromatic amines is 1. The third-order valence-corrected chi connectivity index (χ3v) is 3.47. The maximum Gasteiger partial charge on any atom is 0.164 e. The van der Waals surface area contributed by atoms with Crippen LogP contribution in [0.15, 0.2) is 12.7 Å². The molecule has 0 aromatic carbocycles. The average molecular weight is 284 g/mol. The number of H-pyrrole nitrogens is 1. The van der Waals surface area contributed by atoms with Crippen molar-refractivity contribution < 1.29 is 20.1 Å². The number of hydrogen-bond acceptors (Lipinski definition) is 7.